The summed E-state index contributed by atoms with van der Waals surface area (Å²) in [6.07, 6.45) is 6.66. The first kappa shape index (κ1) is 10.7. The van der Waals surface area contributed by atoms with Crippen LogP contribution in [0, 0.1) is 0 Å². The Morgan fingerprint density at radius 3 is 2.87 bits per heavy atom. The number of rotatable bonds is 5. The average molecular weight is 218 g/mol. The van der Waals surface area contributed by atoms with E-state index in [-0.39, 0.29) is 0 Å². The van der Waals surface area contributed by atoms with Crippen molar-refractivity contribution in [1.29, 1.82) is 0 Å². The molecule has 80 valence electrons. The predicted octanol–water partition coefficient (Wildman–Crippen LogP) is 5.02. The molecule has 1 aromatic heterocycles. The van der Waals surface area contributed by atoms with Crippen molar-refractivity contribution in [1.82, 2.24) is 0 Å². The van der Waals surface area contributed by atoms with Crippen LogP contribution in [0.2, 0.25) is 0 Å². The molecule has 0 bridgehead atoms. The van der Waals surface area contributed by atoms with Gasteiger partial charge in [-0.2, -0.15) is 0 Å². The molecule has 0 fully saturated rings. The summed E-state index contributed by atoms with van der Waals surface area (Å²) >= 11 is 1.85. The van der Waals surface area contributed by atoms with Crippen LogP contribution in [-0.4, -0.2) is 0 Å². The smallest absolute Gasteiger partial charge is 0.0345 e. The van der Waals surface area contributed by atoms with Crippen molar-refractivity contribution in [2.45, 2.75) is 39.0 Å². The third-order valence-electron chi connectivity index (χ3n) is 2.84. The van der Waals surface area contributed by atoms with Crippen LogP contribution in [0.15, 0.2) is 29.6 Å². The minimum Gasteiger partial charge on any atom is -0.144 e. The first-order valence-electron chi connectivity index (χ1n) is 5.86. The Morgan fingerprint density at radius 2 is 2.00 bits per heavy atom. The third-order valence-corrected chi connectivity index (χ3v) is 3.72. The maximum Gasteiger partial charge on any atom is 0.0345 e. The highest BCUT2D eigenvalue weighted by molar-refractivity contribution is 7.17. The lowest BCUT2D eigenvalue weighted by molar-refractivity contribution is 0.667. The van der Waals surface area contributed by atoms with Crippen LogP contribution >= 0.6 is 11.3 Å². The van der Waals surface area contributed by atoms with Crippen LogP contribution < -0.4 is 0 Å². The molecular weight excluding hydrogens is 200 g/mol. The summed E-state index contributed by atoms with van der Waals surface area (Å²) in [6.45, 7) is 2.26. The van der Waals surface area contributed by atoms with E-state index in [9.17, 15) is 0 Å². The summed E-state index contributed by atoms with van der Waals surface area (Å²) in [4.78, 5) is 0. The number of thiophene rings is 1. The molecule has 0 radical (unpaired) electrons. The van der Waals surface area contributed by atoms with Gasteiger partial charge in [0.15, 0.2) is 0 Å². The lowest BCUT2D eigenvalue weighted by atomic mass is 10.1. The number of hydrogen-bond acceptors (Lipinski definition) is 1. The average Bonchev–Trinajstić information content (AvgIpc) is 2.71. The topological polar surface area (TPSA) is 0 Å². The first-order chi connectivity index (χ1) is 7.40. The maximum absolute atomic E-state index is 2.35. The lowest BCUT2D eigenvalue weighted by Crippen LogP contribution is -1.84. The predicted molar refractivity (Wildman–Crippen MR) is 69.7 cm³/mol. The van der Waals surface area contributed by atoms with Crippen LogP contribution in [0.25, 0.3) is 10.1 Å². The number of unbranched alkanes of at least 4 members (excludes halogenated alkanes) is 3. The van der Waals surface area contributed by atoms with Gasteiger partial charge < -0.3 is 0 Å². The largest absolute Gasteiger partial charge is 0.144 e. The second kappa shape index (κ2) is 5.32. The van der Waals surface area contributed by atoms with E-state index in [4.69, 9.17) is 0 Å². The summed E-state index contributed by atoms with van der Waals surface area (Å²) in [7, 11) is 0. The monoisotopic (exact) mass is 218 g/mol. The van der Waals surface area contributed by atoms with Gasteiger partial charge in [-0.05, 0) is 41.3 Å². The molecule has 1 heteroatoms. The Hall–Kier alpha value is -0.820. The molecule has 1 heterocycles. The Balaban J connectivity index is 1.96. The second-order valence-corrected chi connectivity index (χ2v) is 5.05. The molecule has 2 rings (SSSR count). The highest BCUT2D eigenvalue weighted by Crippen LogP contribution is 2.22. The Morgan fingerprint density at radius 1 is 1.07 bits per heavy atom. The molecule has 0 aliphatic carbocycles. The molecule has 0 atom stereocenters. The summed E-state index contributed by atoms with van der Waals surface area (Å²) < 4.78 is 1.43. The van der Waals surface area contributed by atoms with Gasteiger partial charge in [-0.3, -0.25) is 0 Å². The number of benzene rings is 1. The van der Waals surface area contributed by atoms with E-state index in [1.807, 2.05) is 11.3 Å². The fourth-order valence-electron chi connectivity index (χ4n) is 1.91. The van der Waals surface area contributed by atoms with Crippen molar-refractivity contribution in [3.05, 3.63) is 35.2 Å². The summed E-state index contributed by atoms with van der Waals surface area (Å²) in [5, 5.41) is 3.56. The minimum atomic E-state index is 1.24. The van der Waals surface area contributed by atoms with Gasteiger partial charge in [-0.25, -0.2) is 0 Å². The Labute approximate surface area is 95.9 Å². The molecule has 0 aliphatic rings. The fourth-order valence-corrected chi connectivity index (χ4v) is 2.76. The molecule has 0 aliphatic heterocycles. The number of fused-ring (bicyclic) bond motifs is 1. The van der Waals surface area contributed by atoms with Crippen LogP contribution in [0.3, 0.4) is 0 Å². The highest BCUT2D eigenvalue weighted by atomic mass is 32.1. The quantitative estimate of drug-likeness (QED) is 0.618. The minimum absolute atomic E-state index is 1.24. The number of hydrogen-bond donors (Lipinski definition) is 0. The molecule has 0 saturated carbocycles. The zero-order valence-electron chi connectivity index (χ0n) is 9.33. The first-order valence-corrected chi connectivity index (χ1v) is 6.74. The normalized spacial score (nSPS) is 11.0. The van der Waals surface area contributed by atoms with Crippen molar-refractivity contribution >= 4 is 21.4 Å². The maximum atomic E-state index is 2.35. The molecule has 0 unspecified atom stereocenters. The SMILES string of the molecule is CCCCCCc1ccc2ccsc2c1. The van der Waals surface area contributed by atoms with E-state index in [0.717, 1.165) is 0 Å². The molecule has 0 spiro atoms. The van der Waals surface area contributed by atoms with Crippen LogP contribution in [0.4, 0.5) is 0 Å². The number of aryl methyl sites for hydroxylation is 1. The van der Waals surface area contributed by atoms with Gasteiger partial charge in [-0.15, -0.1) is 11.3 Å². The Bertz CT molecular complexity index is 414. The van der Waals surface area contributed by atoms with Gasteiger partial charge >= 0.3 is 0 Å². The molecule has 0 saturated heterocycles. The van der Waals surface area contributed by atoms with Gasteiger partial charge in [0.25, 0.3) is 0 Å². The van der Waals surface area contributed by atoms with Gasteiger partial charge in [0, 0.05) is 4.70 Å². The highest BCUT2D eigenvalue weighted by Gasteiger charge is 1.97. The summed E-state index contributed by atoms with van der Waals surface area (Å²) in [6, 6.07) is 9.08. The van der Waals surface area contributed by atoms with Crippen LogP contribution in [0.5, 0.6) is 0 Å². The van der Waals surface area contributed by atoms with Crippen LogP contribution in [0.1, 0.15) is 38.2 Å². The second-order valence-electron chi connectivity index (χ2n) is 4.10. The van der Waals surface area contributed by atoms with Crippen molar-refractivity contribution in [2.24, 2.45) is 0 Å². The van der Waals surface area contributed by atoms with E-state index < -0.39 is 0 Å². The van der Waals surface area contributed by atoms with Crippen molar-refractivity contribution in [2.75, 3.05) is 0 Å². The third kappa shape index (κ3) is 2.82. The zero-order chi connectivity index (χ0) is 10.5. The van der Waals surface area contributed by atoms with E-state index in [1.165, 1.54) is 47.8 Å². The Kier molecular flexibility index (Phi) is 3.79. The molecule has 0 amide bonds. The van der Waals surface area contributed by atoms with Crippen LogP contribution in [-0.2, 0) is 6.42 Å². The van der Waals surface area contributed by atoms with E-state index in [0.29, 0.717) is 0 Å². The molecule has 0 N–H and O–H groups in total. The molecule has 15 heavy (non-hydrogen) atoms. The van der Waals surface area contributed by atoms with E-state index in [1.54, 1.807) is 0 Å². The van der Waals surface area contributed by atoms with Gasteiger partial charge in [0.2, 0.25) is 0 Å². The van der Waals surface area contributed by atoms with Crippen molar-refractivity contribution in [3.8, 4) is 0 Å². The van der Waals surface area contributed by atoms with Crippen molar-refractivity contribution in [3.63, 3.8) is 0 Å². The fraction of sp³-hybridized carbons (Fsp3) is 0.429. The van der Waals surface area contributed by atoms with Gasteiger partial charge in [-0.1, -0.05) is 38.3 Å². The van der Waals surface area contributed by atoms with Gasteiger partial charge in [0.05, 0.1) is 0 Å². The lowest BCUT2D eigenvalue weighted by Gasteiger charge is -2.01. The molecule has 1 aromatic carbocycles. The van der Waals surface area contributed by atoms with E-state index >= 15 is 0 Å². The zero-order valence-corrected chi connectivity index (χ0v) is 10.1. The summed E-state index contributed by atoms with van der Waals surface area (Å²) in [5.41, 5.74) is 1.50. The summed E-state index contributed by atoms with van der Waals surface area (Å²) in [5.74, 6) is 0. The standard InChI is InChI=1S/C14H18S/c1-2-3-4-5-6-12-7-8-13-9-10-15-14(13)11-12/h7-11H,2-6H2,1H3. The van der Waals surface area contributed by atoms with E-state index in [2.05, 4.69) is 36.6 Å². The molecule has 2 aromatic rings. The molecule has 0 nitrogen and oxygen atoms in total. The van der Waals surface area contributed by atoms with Gasteiger partial charge in [0.1, 0.15) is 0 Å². The van der Waals surface area contributed by atoms with Crippen molar-refractivity contribution < 1.29 is 0 Å². The molecular formula is C14H18S.